The fourth-order valence-corrected chi connectivity index (χ4v) is 3.12. The van der Waals surface area contributed by atoms with Gasteiger partial charge in [-0.15, -0.1) is 0 Å². The molecule has 0 heterocycles. The number of hydrogen-bond donors (Lipinski definition) is 2. The average molecular weight is 353 g/mol. The minimum Gasteiger partial charge on any atom is -0.481 e. The summed E-state index contributed by atoms with van der Waals surface area (Å²) in [6.07, 6.45) is -0.982. The number of carbonyl (C=O) groups excluding carboxylic acids is 1. The number of amides is 1. The third-order valence-corrected chi connectivity index (χ3v) is 4.96. The zero-order valence-electron chi connectivity index (χ0n) is 14.8. The van der Waals surface area contributed by atoms with Crippen molar-refractivity contribution in [2.45, 2.75) is 51.9 Å². The van der Waals surface area contributed by atoms with Crippen LogP contribution in [0.1, 0.15) is 34.1 Å². The minimum absolute atomic E-state index is 0.193. The topological polar surface area (TPSA) is 84.9 Å². The van der Waals surface area contributed by atoms with E-state index < -0.39 is 34.8 Å². The van der Waals surface area contributed by atoms with Gasteiger partial charge in [-0.2, -0.15) is 0 Å². The Kier molecular flexibility index (Phi) is 5.37. The molecule has 0 bridgehead atoms. The Morgan fingerprint density at radius 2 is 1.96 bits per heavy atom. The van der Waals surface area contributed by atoms with Crippen molar-refractivity contribution in [3.8, 4) is 5.75 Å². The third-order valence-electron chi connectivity index (χ3n) is 4.96. The fourth-order valence-electron chi connectivity index (χ4n) is 3.12. The summed E-state index contributed by atoms with van der Waals surface area (Å²) in [7, 11) is 0. The van der Waals surface area contributed by atoms with E-state index in [0.29, 0.717) is 12.4 Å². The Labute approximate surface area is 146 Å². The molecular formula is C18H24FNO5. The second kappa shape index (κ2) is 7.00. The molecule has 2 rings (SSSR count). The van der Waals surface area contributed by atoms with Crippen LogP contribution in [0.3, 0.4) is 0 Å². The van der Waals surface area contributed by atoms with Gasteiger partial charge in [-0.25, -0.2) is 9.18 Å². The van der Waals surface area contributed by atoms with Crippen LogP contribution in [0.4, 0.5) is 4.39 Å². The first-order valence-corrected chi connectivity index (χ1v) is 8.23. The van der Waals surface area contributed by atoms with E-state index in [4.69, 9.17) is 9.47 Å². The lowest BCUT2D eigenvalue weighted by Gasteiger charge is -2.58. The molecule has 0 aliphatic heterocycles. The van der Waals surface area contributed by atoms with Gasteiger partial charge in [-0.1, -0.05) is 13.8 Å². The van der Waals surface area contributed by atoms with Gasteiger partial charge >= 0.3 is 5.97 Å². The van der Waals surface area contributed by atoms with E-state index in [-0.39, 0.29) is 12.5 Å². The molecule has 1 aromatic carbocycles. The van der Waals surface area contributed by atoms with Crippen LogP contribution in [0.25, 0.3) is 0 Å². The summed E-state index contributed by atoms with van der Waals surface area (Å²) in [4.78, 5) is 24.3. The maximum absolute atomic E-state index is 12.9. The summed E-state index contributed by atoms with van der Waals surface area (Å²) >= 11 is 0. The number of hydrogen-bond acceptors (Lipinski definition) is 4. The summed E-state index contributed by atoms with van der Waals surface area (Å²) in [6.45, 7) is 7.35. The van der Waals surface area contributed by atoms with Crippen LogP contribution in [-0.2, 0) is 14.3 Å². The quantitative estimate of drug-likeness (QED) is 0.786. The lowest BCUT2D eigenvalue weighted by atomic mass is 9.54. The van der Waals surface area contributed by atoms with Crippen LogP contribution < -0.4 is 10.1 Å². The summed E-state index contributed by atoms with van der Waals surface area (Å²) in [5, 5.41) is 12.3. The number of ether oxygens (including phenoxy) is 2. The standard InChI is InChI=1S/C18H24FNO5/c1-5-24-14-10-18(16(22)23,17(14,3)4)20-15(21)11(2)25-13-8-6-12(19)7-9-13/h6-9,11,14H,5,10H2,1-4H3,(H,20,21)(H,22,23). The molecule has 2 N–H and O–H groups in total. The first kappa shape index (κ1) is 19.2. The van der Waals surface area contributed by atoms with E-state index in [2.05, 4.69) is 5.32 Å². The summed E-state index contributed by atoms with van der Waals surface area (Å²) in [5.74, 6) is -1.73. The van der Waals surface area contributed by atoms with Gasteiger partial charge < -0.3 is 19.9 Å². The predicted octanol–water partition coefficient (Wildman–Crippen LogP) is 2.37. The second-order valence-electron chi connectivity index (χ2n) is 6.78. The van der Waals surface area contributed by atoms with Crippen molar-refractivity contribution in [2.24, 2.45) is 5.41 Å². The fraction of sp³-hybridized carbons (Fsp3) is 0.556. The summed E-state index contributed by atoms with van der Waals surface area (Å²) < 4.78 is 24.0. The number of nitrogens with one attached hydrogen (secondary N) is 1. The van der Waals surface area contributed by atoms with Gasteiger partial charge in [0, 0.05) is 18.4 Å². The lowest BCUT2D eigenvalue weighted by Crippen LogP contribution is -2.76. The highest BCUT2D eigenvalue weighted by molar-refractivity contribution is 5.91. The molecule has 25 heavy (non-hydrogen) atoms. The molecule has 0 radical (unpaired) electrons. The zero-order chi connectivity index (χ0) is 18.8. The molecule has 1 fully saturated rings. The van der Waals surface area contributed by atoms with E-state index in [0.717, 1.165) is 0 Å². The first-order chi connectivity index (χ1) is 11.6. The van der Waals surface area contributed by atoms with Crippen molar-refractivity contribution in [1.82, 2.24) is 5.32 Å². The monoisotopic (exact) mass is 353 g/mol. The average Bonchev–Trinajstić information content (AvgIpc) is 2.55. The highest BCUT2D eigenvalue weighted by atomic mass is 19.1. The van der Waals surface area contributed by atoms with E-state index in [1.807, 2.05) is 6.92 Å². The summed E-state index contributed by atoms with van der Waals surface area (Å²) in [6, 6.07) is 5.26. The number of carboxylic acid groups (broad SMARTS) is 1. The maximum atomic E-state index is 12.9. The number of carbonyl (C=O) groups is 2. The van der Waals surface area contributed by atoms with E-state index in [1.54, 1.807) is 13.8 Å². The Morgan fingerprint density at radius 1 is 1.36 bits per heavy atom. The summed E-state index contributed by atoms with van der Waals surface area (Å²) in [5.41, 5.74) is -2.18. The van der Waals surface area contributed by atoms with Crippen molar-refractivity contribution >= 4 is 11.9 Å². The smallest absolute Gasteiger partial charge is 0.330 e. The molecule has 1 saturated carbocycles. The van der Waals surface area contributed by atoms with Crippen LogP contribution in [0.15, 0.2) is 24.3 Å². The molecule has 3 atom stereocenters. The number of rotatable bonds is 7. The number of carboxylic acids is 1. The normalized spacial score (nSPS) is 25.6. The molecule has 0 spiro atoms. The lowest BCUT2D eigenvalue weighted by molar-refractivity contribution is -0.195. The van der Waals surface area contributed by atoms with Crippen molar-refractivity contribution in [3.05, 3.63) is 30.1 Å². The number of aliphatic carboxylic acids is 1. The third kappa shape index (κ3) is 3.46. The Morgan fingerprint density at radius 3 is 2.44 bits per heavy atom. The van der Waals surface area contributed by atoms with Gasteiger partial charge in [0.2, 0.25) is 0 Å². The van der Waals surface area contributed by atoms with Crippen LogP contribution in [-0.4, -0.2) is 41.3 Å². The molecule has 6 nitrogen and oxygen atoms in total. The molecule has 1 aliphatic carbocycles. The van der Waals surface area contributed by atoms with Gasteiger partial charge in [0.25, 0.3) is 5.91 Å². The number of halogens is 1. The Bertz CT molecular complexity index is 645. The highest BCUT2D eigenvalue weighted by Crippen LogP contribution is 2.51. The molecule has 1 aromatic rings. The molecule has 0 aromatic heterocycles. The van der Waals surface area contributed by atoms with Gasteiger partial charge in [0.05, 0.1) is 6.10 Å². The van der Waals surface area contributed by atoms with E-state index >= 15 is 0 Å². The number of benzene rings is 1. The second-order valence-corrected chi connectivity index (χ2v) is 6.78. The zero-order valence-corrected chi connectivity index (χ0v) is 14.8. The Balaban J connectivity index is 2.08. The predicted molar refractivity (Wildman–Crippen MR) is 88.8 cm³/mol. The molecule has 0 saturated heterocycles. The minimum atomic E-state index is -1.41. The largest absolute Gasteiger partial charge is 0.481 e. The SMILES string of the molecule is CCOC1CC(NC(=O)C(C)Oc2ccc(F)cc2)(C(=O)O)C1(C)C. The van der Waals surface area contributed by atoms with Gasteiger partial charge in [-0.3, -0.25) is 4.79 Å². The van der Waals surface area contributed by atoms with Crippen LogP contribution in [0.5, 0.6) is 5.75 Å². The highest BCUT2D eigenvalue weighted by Gasteiger charge is 2.66. The van der Waals surface area contributed by atoms with Crippen LogP contribution >= 0.6 is 0 Å². The van der Waals surface area contributed by atoms with Crippen molar-refractivity contribution in [3.63, 3.8) is 0 Å². The molecule has 7 heteroatoms. The first-order valence-electron chi connectivity index (χ1n) is 8.23. The maximum Gasteiger partial charge on any atom is 0.330 e. The van der Waals surface area contributed by atoms with Crippen molar-refractivity contribution in [1.29, 1.82) is 0 Å². The molecule has 1 amide bonds. The molecule has 3 unspecified atom stereocenters. The van der Waals surface area contributed by atoms with E-state index in [1.165, 1.54) is 31.2 Å². The van der Waals surface area contributed by atoms with Crippen molar-refractivity contribution in [2.75, 3.05) is 6.61 Å². The van der Waals surface area contributed by atoms with Crippen LogP contribution in [0.2, 0.25) is 0 Å². The van der Waals surface area contributed by atoms with Crippen molar-refractivity contribution < 1.29 is 28.6 Å². The molecule has 138 valence electrons. The van der Waals surface area contributed by atoms with E-state index in [9.17, 15) is 19.1 Å². The van der Waals surface area contributed by atoms with Crippen LogP contribution in [0, 0.1) is 11.2 Å². The Hall–Kier alpha value is -2.15. The molecular weight excluding hydrogens is 329 g/mol. The van der Waals surface area contributed by atoms with Gasteiger partial charge in [0.1, 0.15) is 17.1 Å². The molecule has 1 aliphatic rings. The van der Waals surface area contributed by atoms with Gasteiger partial charge in [-0.05, 0) is 38.1 Å². The van der Waals surface area contributed by atoms with Gasteiger partial charge in [0.15, 0.2) is 6.10 Å².